The van der Waals surface area contributed by atoms with Gasteiger partial charge in [0.2, 0.25) is 0 Å². The van der Waals surface area contributed by atoms with Crippen molar-refractivity contribution in [2.24, 2.45) is 0 Å². The number of Topliss-reactive ketones (excluding diaryl/α,β-unsaturated/α-hetero) is 1. The van der Waals surface area contributed by atoms with E-state index in [1.54, 1.807) is 6.07 Å². The molecule has 2 rings (SSSR count). The quantitative estimate of drug-likeness (QED) is 0.677. The van der Waals surface area contributed by atoms with Crippen molar-refractivity contribution in [3.63, 3.8) is 0 Å². The highest BCUT2D eigenvalue weighted by molar-refractivity contribution is 9.10. The highest BCUT2D eigenvalue weighted by Crippen LogP contribution is 2.44. The van der Waals surface area contributed by atoms with Crippen LogP contribution >= 0.6 is 15.9 Å². The third-order valence-corrected chi connectivity index (χ3v) is 4.91. The zero-order valence-corrected chi connectivity index (χ0v) is 12.1. The summed E-state index contributed by atoms with van der Waals surface area (Å²) in [7, 11) is 0. The van der Waals surface area contributed by atoms with E-state index in [2.05, 4.69) is 15.9 Å². The van der Waals surface area contributed by atoms with Crippen LogP contribution in [0.15, 0.2) is 18.2 Å². The first-order valence-electron chi connectivity index (χ1n) is 6.16. The van der Waals surface area contributed by atoms with Crippen LogP contribution in [0.2, 0.25) is 0 Å². The smallest absolute Gasteiger partial charge is 0.298 e. The highest BCUT2D eigenvalue weighted by atomic mass is 79.9. The summed E-state index contributed by atoms with van der Waals surface area (Å²) in [5.41, 5.74) is -0.0760. The van der Waals surface area contributed by atoms with Crippen molar-refractivity contribution >= 4 is 21.7 Å². The molecule has 0 aliphatic heterocycles. The number of hydrogen-bond acceptors (Lipinski definition) is 1. The molecule has 19 heavy (non-hydrogen) atoms. The van der Waals surface area contributed by atoms with E-state index in [1.807, 2.05) is 0 Å². The monoisotopic (exact) mass is 334 g/mol. The largest absolute Gasteiger partial charge is 0.416 e. The fourth-order valence-corrected chi connectivity index (χ4v) is 3.20. The van der Waals surface area contributed by atoms with Crippen LogP contribution in [-0.4, -0.2) is 5.78 Å². The van der Waals surface area contributed by atoms with E-state index in [9.17, 15) is 18.0 Å². The maximum Gasteiger partial charge on any atom is 0.416 e. The first-order chi connectivity index (χ1) is 8.75. The summed E-state index contributed by atoms with van der Waals surface area (Å²) >= 11 is 3.38. The first-order valence-corrected chi connectivity index (χ1v) is 6.95. The van der Waals surface area contributed by atoms with Crippen molar-refractivity contribution in [1.29, 1.82) is 0 Å². The molecule has 1 aliphatic carbocycles. The number of benzene rings is 1. The summed E-state index contributed by atoms with van der Waals surface area (Å²) in [5.74, 6) is -0.0317. The predicted octanol–water partition coefficient (Wildman–Crippen LogP) is 4.75. The zero-order chi connectivity index (χ0) is 14.3. The molecule has 0 amide bonds. The molecule has 0 N–H and O–H groups in total. The average molecular weight is 335 g/mol. The topological polar surface area (TPSA) is 17.1 Å². The Balaban J connectivity index is 2.49. The van der Waals surface area contributed by atoms with Gasteiger partial charge in [0.15, 0.2) is 5.78 Å². The number of carbonyl (C=O) groups excluding carboxylic acids is 1. The number of alkyl halides is 4. The molecule has 0 saturated heterocycles. The summed E-state index contributed by atoms with van der Waals surface area (Å²) in [6.07, 6.45) is -1.77. The molecule has 1 saturated carbocycles. The number of aryl methyl sites for hydroxylation is 1. The molecule has 0 bridgehead atoms. The third-order valence-electron chi connectivity index (χ3n) is 3.62. The maximum absolute atomic E-state index is 12.9. The van der Waals surface area contributed by atoms with Gasteiger partial charge in [-0.15, -0.1) is 0 Å². The van der Waals surface area contributed by atoms with Crippen LogP contribution in [0.1, 0.15) is 42.4 Å². The van der Waals surface area contributed by atoms with Gasteiger partial charge in [-0.1, -0.05) is 34.5 Å². The molecule has 1 aromatic rings. The summed E-state index contributed by atoms with van der Waals surface area (Å²) in [6, 6.07) is 4.15. The Morgan fingerprint density at radius 1 is 1.26 bits per heavy atom. The van der Waals surface area contributed by atoms with E-state index in [0.29, 0.717) is 18.4 Å². The Morgan fingerprint density at radius 2 is 1.95 bits per heavy atom. The van der Waals surface area contributed by atoms with Gasteiger partial charge >= 0.3 is 6.18 Å². The first kappa shape index (κ1) is 14.6. The van der Waals surface area contributed by atoms with Crippen LogP contribution in [0.4, 0.5) is 13.2 Å². The van der Waals surface area contributed by atoms with Gasteiger partial charge in [-0.2, -0.15) is 13.2 Å². The van der Waals surface area contributed by atoms with Gasteiger partial charge in [-0.25, -0.2) is 0 Å². The summed E-state index contributed by atoms with van der Waals surface area (Å²) < 4.78 is 37.8. The molecule has 1 fully saturated rings. The number of ketones is 1. The number of halogens is 4. The minimum Gasteiger partial charge on any atom is -0.298 e. The molecule has 0 radical (unpaired) electrons. The van der Waals surface area contributed by atoms with Gasteiger partial charge < -0.3 is 0 Å². The number of rotatable bonds is 1. The van der Waals surface area contributed by atoms with E-state index in [1.165, 1.54) is 13.0 Å². The lowest BCUT2D eigenvalue weighted by Crippen LogP contribution is -2.32. The van der Waals surface area contributed by atoms with Crippen LogP contribution in [-0.2, 0) is 15.3 Å². The predicted molar refractivity (Wildman–Crippen MR) is 70.3 cm³/mol. The standard InChI is InChI=1S/C14H14BrF3O/c1-9-5-6-10(8-11(9)14(16,17)18)13(15)7-3-2-4-12(13)19/h5-6,8H,2-4,7H2,1H3. The van der Waals surface area contributed by atoms with Crippen molar-refractivity contribution < 1.29 is 18.0 Å². The lowest BCUT2D eigenvalue weighted by atomic mass is 9.82. The van der Waals surface area contributed by atoms with Crippen LogP contribution in [0.25, 0.3) is 0 Å². The third kappa shape index (κ3) is 2.71. The zero-order valence-electron chi connectivity index (χ0n) is 10.5. The SMILES string of the molecule is Cc1ccc(C2(Br)CCCCC2=O)cc1C(F)(F)F. The molecule has 5 heteroatoms. The molecule has 0 spiro atoms. The molecular formula is C14H14BrF3O. The van der Waals surface area contributed by atoms with Crippen molar-refractivity contribution in [1.82, 2.24) is 0 Å². The molecule has 1 aromatic carbocycles. The summed E-state index contributed by atoms with van der Waals surface area (Å²) in [6.45, 7) is 1.43. The minimum atomic E-state index is -4.39. The van der Waals surface area contributed by atoms with Crippen molar-refractivity contribution in [2.75, 3.05) is 0 Å². The van der Waals surface area contributed by atoms with Crippen molar-refractivity contribution in [3.05, 3.63) is 34.9 Å². The van der Waals surface area contributed by atoms with Crippen molar-refractivity contribution in [3.8, 4) is 0 Å². The number of hydrogen-bond donors (Lipinski definition) is 0. The maximum atomic E-state index is 12.9. The molecule has 104 valence electrons. The lowest BCUT2D eigenvalue weighted by Gasteiger charge is -2.31. The molecule has 1 unspecified atom stereocenters. The fraction of sp³-hybridized carbons (Fsp3) is 0.500. The second-order valence-electron chi connectivity index (χ2n) is 4.96. The van der Waals surface area contributed by atoms with Crippen LogP contribution < -0.4 is 0 Å². The Bertz CT molecular complexity index is 510. The van der Waals surface area contributed by atoms with E-state index in [-0.39, 0.29) is 11.3 Å². The van der Waals surface area contributed by atoms with E-state index < -0.39 is 16.1 Å². The summed E-state index contributed by atoms with van der Waals surface area (Å²) in [4.78, 5) is 12.0. The minimum absolute atomic E-state index is 0.0317. The van der Waals surface area contributed by atoms with Gasteiger partial charge in [-0.05, 0) is 37.0 Å². The van der Waals surface area contributed by atoms with Crippen LogP contribution in [0.3, 0.4) is 0 Å². The van der Waals surface area contributed by atoms with Crippen LogP contribution in [0.5, 0.6) is 0 Å². The van der Waals surface area contributed by atoms with Gasteiger partial charge in [0.05, 0.1) is 5.56 Å². The molecule has 0 heterocycles. The van der Waals surface area contributed by atoms with Crippen LogP contribution in [0, 0.1) is 6.92 Å². The Kier molecular flexibility index (Phi) is 3.78. The average Bonchev–Trinajstić information content (AvgIpc) is 2.32. The van der Waals surface area contributed by atoms with E-state index in [4.69, 9.17) is 0 Å². The van der Waals surface area contributed by atoms with Gasteiger partial charge in [0, 0.05) is 6.42 Å². The molecule has 0 aromatic heterocycles. The van der Waals surface area contributed by atoms with Gasteiger partial charge in [0.1, 0.15) is 4.32 Å². The Morgan fingerprint density at radius 3 is 2.53 bits per heavy atom. The normalized spacial score (nSPS) is 24.6. The van der Waals surface area contributed by atoms with E-state index >= 15 is 0 Å². The van der Waals surface area contributed by atoms with Crippen molar-refractivity contribution in [2.45, 2.75) is 43.1 Å². The Hall–Kier alpha value is -0.840. The Labute approximate surface area is 118 Å². The lowest BCUT2D eigenvalue weighted by molar-refractivity contribution is -0.138. The van der Waals surface area contributed by atoms with Gasteiger partial charge in [-0.3, -0.25) is 4.79 Å². The molecular weight excluding hydrogens is 321 g/mol. The molecule has 1 atom stereocenters. The van der Waals surface area contributed by atoms with Gasteiger partial charge in [0.25, 0.3) is 0 Å². The number of carbonyl (C=O) groups is 1. The fourth-order valence-electron chi connectivity index (χ4n) is 2.47. The molecule has 1 aliphatic rings. The summed E-state index contributed by atoms with van der Waals surface area (Å²) in [5, 5.41) is 0. The van der Waals surface area contributed by atoms with E-state index in [0.717, 1.165) is 18.9 Å². The second kappa shape index (κ2) is 4.93. The second-order valence-corrected chi connectivity index (χ2v) is 6.31. The molecule has 1 nitrogen and oxygen atoms in total. The highest BCUT2D eigenvalue weighted by Gasteiger charge is 2.41.